The van der Waals surface area contributed by atoms with E-state index in [1.807, 2.05) is 0 Å². The molecule has 1 fully saturated rings. The van der Waals surface area contributed by atoms with Gasteiger partial charge in [-0.25, -0.2) is 0 Å². The molecule has 1 aliphatic carbocycles. The van der Waals surface area contributed by atoms with Gasteiger partial charge in [0.15, 0.2) is 0 Å². The second kappa shape index (κ2) is 9.91. The molecule has 4 heteroatoms. The molecule has 1 heterocycles. The molecular weight excluding hydrogens is 394 g/mol. The molecule has 1 amide bonds. The van der Waals surface area contributed by atoms with E-state index in [4.69, 9.17) is 0 Å². The number of aromatic nitrogens is 1. The van der Waals surface area contributed by atoms with Gasteiger partial charge in [0.2, 0.25) is 5.91 Å². The average Bonchev–Trinajstić information content (AvgIpc) is 3.18. The van der Waals surface area contributed by atoms with Crippen molar-refractivity contribution in [1.29, 1.82) is 0 Å². The number of hydrogen-bond acceptors (Lipinski definition) is 2. The first kappa shape index (κ1) is 22.6. The van der Waals surface area contributed by atoms with Crippen LogP contribution in [0.15, 0.2) is 60.8 Å². The summed E-state index contributed by atoms with van der Waals surface area (Å²) in [7, 11) is 4.38. The fraction of sp³-hybridized carbons (Fsp3) is 0.464. The highest BCUT2D eigenvalue weighted by atomic mass is 16.2. The number of nitrogens with zero attached hydrogens (tertiary/aromatic N) is 2. The average molecular weight is 432 g/mol. The highest BCUT2D eigenvalue weighted by molar-refractivity contribution is 5.83. The van der Waals surface area contributed by atoms with Crippen molar-refractivity contribution in [3.8, 4) is 0 Å². The molecule has 1 saturated carbocycles. The highest BCUT2D eigenvalue weighted by Crippen LogP contribution is 2.39. The van der Waals surface area contributed by atoms with Crippen LogP contribution in [0.25, 0.3) is 10.9 Å². The monoisotopic (exact) mass is 431 g/mol. The third-order valence-electron chi connectivity index (χ3n) is 7.31. The minimum absolute atomic E-state index is 0.187. The van der Waals surface area contributed by atoms with E-state index in [9.17, 15) is 4.79 Å². The van der Waals surface area contributed by atoms with Crippen molar-refractivity contribution in [3.05, 3.63) is 71.9 Å². The normalized spacial score (nSPS) is 20.9. The Morgan fingerprint density at radius 3 is 2.31 bits per heavy atom. The van der Waals surface area contributed by atoms with Gasteiger partial charge in [-0.3, -0.25) is 4.79 Å². The second-order valence-corrected chi connectivity index (χ2v) is 9.73. The van der Waals surface area contributed by atoms with Crippen LogP contribution in [0.4, 0.5) is 0 Å². The molecule has 0 aliphatic heterocycles. The van der Waals surface area contributed by atoms with E-state index in [2.05, 4.69) is 96.6 Å². The molecule has 0 saturated heterocycles. The van der Waals surface area contributed by atoms with E-state index < -0.39 is 0 Å². The molecule has 32 heavy (non-hydrogen) atoms. The number of amides is 1. The first-order valence-corrected chi connectivity index (χ1v) is 12.0. The lowest BCUT2D eigenvalue weighted by Crippen LogP contribution is -2.48. The SMILES string of the molecule is CC(=O)N(C(C)Cc1c[nH]c2ccccc12)C1CCC(C(c2ccccc2)N(C)C)CC1. The quantitative estimate of drug-likeness (QED) is 0.513. The summed E-state index contributed by atoms with van der Waals surface area (Å²) in [5.74, 6) is 0.828. The van der Waals surface area contributed by atoms with Crippen LogP contribution in [0, 0.1) is 5.92 Å². The van der Waals surface area contributed by atoms with Gasteiger partial charge in [-0.05, 0) is 76.2 Å². The van der Waals surface area contributed by atoms with Crippen LogP contribution in [0.2, 0.25) is 0 Å². The van der Waals surface area contributed by atoms with Gasteiger partial charge in [0.25, 0.3) is 0 Å². The largest absolute Gasteiger partial charge is 0.361 e. The zero-order valence-corrected chi connectivity index (χ0v) is 19.9. The Balaban J connectivity index is 1.44. The number of carbonyl (C=O) groups excluding carboxylic acids is 1. The van der Waals surface area contributed by atoms with Crippen molar-refractivity contribution in [3.63, 3.8) is 0 Å². The lowest BCUT2D eigenvalue weighted by atomic mass is 9.78. The smallest absolute Gasteiger partial charge is 0.219 e. The van der Waals surface area contributed by atoms with Gasteiger partial charge >= 0.3 is 0 Å². The molecule has 4 nitrogen and oxygen atoms in total. The van der Waals surface area contributed by atoms with Crippen LogP contribution < -0.4 is 0 Å². The molecule has 3 aromatic rings. The van der Waals surface area contributed by atoms with Crippen molar-refractivity contribution in [1.82, 2.24) is 14.8 Å². The molecule has 2 unspecified atom stereocenters. The van der Waals surface area contributed by atoms with Crippen LogP contribution in [0.5, 0.6) is 0 Å². The van der Waals surface area contributed by atoms with Crippen molar-refractivity contribution in [2.45, 2.75) is 64.1 Å². The first-order chi connectivity index (χ1) is 15.5. The summed E-state index contributed by atoms with van der Waals surface area (Å²) in [6.45, 7) is 3.95. The number of nitrogens with one attached hydrogen (secondary N) is 1. The number of rotatable bonds is 7. The summed E-state index contributed by atoms with van der Waals surface area (Å²) >= 11 is 0. The highest BCUT2D eigenvalue weighted by Gasteiger charge is 2.34. The molecule has 0 spiro atoms. The zero-order valence-electron chi connectivity index (χ0n) is 19.9. The summed E-state index contributed by atoms with van der Waals surface area (Å²) in [5, 5.41) is 1.27. The van der Waals surface area contributed by atoms with Gasteiger partial charge in [-0.15, -0.1) is 0 Å². The Kier molecular flexibility index (Phi) is 7.00. The van der Waals surface area contributed by atoms with Crippen molar-refractivity contribution < 1.29 is 4.79 Å². The van der Waals surface area contributed by atoms with Gasteiger partial charge in [-0.2, -0.15) is 0 Å². The van der Waals surface area contributed by atoms with E-state index in [0.717, 1.165) is 32.1 Å². The molecule has 1 aliphatic rings. The summed E-state index contributed by atoms with van der Waals surface area (Å²) in [5.41, 5.74) is 3.86. The Hall–Kier alpha value is -2.59. The summed E-state index contributed by atoms with van der Waals surface area (Å²) in [6, 6.07) is 20.3. The third kappa shape index (κ3) is 4.75. The molecule has 4 rings (SSSR count). The Morgan fingerprint density at radius 2 is 1.66 bits per heavy atom. The first-order valence-electron chi connectivity index (χ1n) is 12.0. The number of para-hydroxylation sites is 1. The fourth-order valence-corrected chi connectivity index (χ4v) is 5.98. The summed E-state index contributed by atoms with van der Waals surface area (Å²) in [6.07, 6.45) is 7.48. The lowest BCUT2D eigenvalue weighted by Gasteiger charge is -2.43. The third-order valence-corrected chi connectivity index (χ3v) is 7.31. The van der Waals surface area contributed by atoms with Gasteiger partial charge in [-0.1, -0.05) is 48.5 Å². The molecule has 1 aromatic heterocycles. The molecule has 170 valence electrons. The van der Waals surface area contributed by atoms with Crippen molar-refractivity contribution in [2.75, 3.05) is 14.1 Å². The van der Waals surface area contributed by atoms with E-state index in [1.165, 1.54) is 22.0 Å². The number of fused-ring (bicyclic) bond motifs is 1. The lowest BCUT2D eigenvalue weighted by molar-refractivity contribution is -0.134. The molecule has 0 radical (unpaired) electrons. The standard InChI is InChI=1S/C28H37N3O/c1-20(18-24-19-29-27-13-9-8-12-26(24)27)31(21(2)32)25-16-14-23(15-17-25)28(30(3)4)22-10-6-5-7-11-22/h5-13,19-20,23,25,28-29H,14-18H2,1-4H3. The molecule has 2 aromatic carbocycles. The maximum atomic E-state index is 12.7. The zero-order chi connectivity index (χ0) is 22.7. The maximum Gasteiger partial charge on any atom is 0.219 e. The molecule has 1 N–H and O–H groups in total. The number of H-pyrrole nitrogens is 1. The van der Waals surface area contributed by atoms with Crippen LogP contribution in [0.3, 0.4) is 0 Å². The van der Waals surface area contributed by atoms with E-state index in [0.29, 0.717) is 18.0 Å². The van der Waals surface area contributed by atoms with E-state index >= 15 is 0 Å². The Bertz CT molecular complexity index is 1020. The number of carbonyl (C=O) groups is 1. The van der Waals surface area contributed by atoms with E-state index in [-0.39, 0.29) is 11.9 Å². The maximum absolute atomic E-state index is 12.7. The van der Waals surface area contributed by atoms with Gasteiger partial charge < -0.3 is 14.8 Å². The summed E-state index contributed by atoms with van der Waals surface area (Å²) in [4.78, 5) is 20.6. The number of benzene rings is 2. The summed E-state index contributed by atoms with van der Waals surface area (Å²) < 4.78 is 0. The van der Waals surface area contributed by atoms with Crippen LogP contribution in [-0.2, 0) is 11.2 Å². The topological polar surface area (TPSA) is 39.3 Å². The second-order valence-electron chi connectivity index (χ2n) is 9.73. The van der Waals surface area contributed by atoms with E-state index in [1.54, 1.807) is 6.92 Å². The van der Waals surface area contributed by atoms with Gasteiger partial charge in [0.05, 0.1) is 0 Å². The molecular formula is C28H37N3O. The van der Waals surface area contributed by atoms with Crippen molar-refractivity contribution in [2.24, 2.45) is 5.92 Å². The van der Waals surface area contributed by atoms with Crippen LogP contribution in [-0.4, -0.2) is 46.9 Å². The molecule has 0 bridgehead atoms. The Morgan fingerprint density at radius 1 is 1.00 bits per heavy atom. The predicted octanol–water partition coefficient (Wildman–Crippen LogP) is 5.81. The Labute approximate surface area is 192 Å². The minimum atomic E-state index is 0.187. The number of aromatic amines is 1. The molecule has 2 atom stereocenters. The van der Waals surface area contributed by atoms with Gasteiger partial charge in [0, 0.05) is 42.1 Å². The number of hydrogen-bond donors (Lipinski definition) is 1. The predicted molar refractivity (Wildman–Crippen MR) is 133 cm³/mol. The van der Waals surface area contributed by atoms with Crippen molar-refractivity contribution >= 4 is 16.8 Å². The fourth-order valence-electron chi connectivity index (χ4n) is 5.98. The van der Waals surface area contributed by atoms with Crippen LogP contribution >= 0.6 is 0 Å². The van der Waals surface area contributed by atoms with Gasteiger partial charge in [0.1, 0.15) is 0 Å². The van der Waals surface area contributed by atoms with Crippen LogP contribution in [0.1, 0.15) is 56.7 Å². The minimum Gasteiger partial charge on any atom is -0.361 e.